The molecule has 2 N–H and O–H groups in total. The largest absolute Gasteiger partial charge is 0.439 e. The number of rotatable bonds is 5. The molecule has 3 rings (SSSR count). The van der Waals surface area contributed by atoms with Gasteiger partial charge in [0, 0.05) is 22.1 Å². The molecule has 1 atom stereocenters. The third kappa shape index (κ3) is 4.65. The molecule has 2 aromatic carbocycles. The number of ether oxygens (including phenoxy) is 1. The molecule has 128 valence electrons. The van der Waals surface area contributed by atoms with E-state index in [1.54, 1.807) is 0 Å². The maximum absolute atomic E-state index is 6.08. The van der Waals surface area contributed by atoms with E-state index in [2.05, 4.69) is 25.9 Å². The monoisotopic (exact) mass is 397 g/mol. The minimum Gasteiger partial charge on any atom is -0.439 e. The van der Waals surface area contributed by atoms with Crippen molar-refractivity contribution in [2.45, 2.75) is 26.3 Å². The number of aromatic nitrogens is 2. The quantitative estimate of drug-likeness (QED) is 0.664. The number of aryl methyl sites for hydroxylation is 1. The van der Waals surface area contributed by atoms with Crippen molar-refractivity contribution < 1.29 is 4.74 Å². The van der Waals surface area contributed by atoms with Gasteiger partial charge in [-0.3, -0.25) is 0 Å². The zero-order valence-electron chi connectivity index (χ0n) is 14.2. The topological polar surface area (TPSA) is 61.0 Å². The van der Waals surface area contributed by atoms with Gasteiger partial charge in [-0.25, -0.2) is 4.98 Å². The van der Waals surface area contributed by atoms with Crippen molar-refractivity contribution in [2.75, 3.05) is 0 Å². The molecule has 0 radical (unpaired) electrons. The van der Waals surface area contributed by atoms with E-state index in [1.165, 1.54) is 0 Å². The van der Waals surface area contributed by atoms with E-state index >= 15 is 0 Å². The van der Waals surface area contributed by atoms with Gasteiger partial charge in [0.2, 0.25) is 5.88 Å². The molecule has 1 heterocycles. The van der Waals surface area contributed by atoms with Crippen LogP contribution in [0.15, 0.2) is 59.1 Å². The molecule has 0 bridgehead atoms. The Balaban J connectivity index is 1.95. The van der Waals surface area contributed by atoms with Gasteiger partial charge in [0.25, 0.3) is 0 Å². The number of benzene rings is 2. The van der Waals surface area contributed by atoms with Crippen LogP contribution < -0.4 is 10.5 Å². The van der Waals surface area contributed by atoms with Crippen LogP contribution in [-0.4, -0.2) is 16.0 Å². The van der Waals surface area contributed by atoms with Crippen molar-refractivity contribution >= 4 is 15.9 Å². The number of halogens is 1. The van der Waals surface area contributed by atoms with Crippen LogP contribution in [0.4, 0.5) is 0 Å². The highest BCUT2D eigenvalue weighted by atomic mass is 79.9. The summed E-state index contributed by atoms with van der Waals surface area (Å²) in [4.78, 5) is 8.93. The van der Waals surface area contributed by atoms with Crippen molar-refractivity contribution in [3.05, 3.63) is 70.5 Å². The van der Waals surface area contributed by atoms with E-state index in [0.717, 1.165) is 33.5 Å². The Kier molecular flexibility index (Phi) is 5.46. The van der Waals surface area contributed by atoms with Crippen LogP contribution in [0.3, 0.4) is 0 Å². The lowest BCUT2D eigenvalue weighted by atomic mass is 10.1. The maximum atomic E-state index is 6.08. The molecule has 0 spiro atoms. The second-order valence-corrected chi connectivity index (χ2v) is 6.96. The van der Waals surface area contributed by atoms with Crippen LogP contribution in [0, 0.1) is 6.92 Å². The third-order valence-electron chi connectivity index (χ3n) is 3.66. The molecule has 25 heavy (non-hydrogen) atoms. The first-order valence-corrected chi connectivity index (χ1v) is 8.93. The van der Waals surface area contributed by atoms with Crippen LogP contribution in [0.5, 0.6) is 11.6 Å². The first-order chi connectivity index (χ1) is 12.0. The number of hydrogen-bond acceptors (Lipinski definition) is 4. The van der Waals surface area contributed by atoms with Gasteiger partial charge in [0.1, 0.15) is 11.6 Å². The molecule has 1 aromatic heterocycles. The number of nitrogens with zero attached hydrogens (tertiary/aromatic N) is 2. The first kappa shape index (κ1) is 17.6. The summed E-state index contributed by atoms with van der Waals surface area (Å²) in [6.45, 7) is 3.84. The number of hydrogen-bond donors (Lipinski definition) is 1. The van der Waals surface area contributed by atoms with E-state index in [9.17, 15) is 0 Å². The second kappa shape index (κ2) is 7.76. The van der Waals surface area contributed by atoms with Gasteiger partial charge >= 0.3 is 0 Å². The molecule has 0 aliphatic heterocycles. The van der Waals surface area contributed by atoms with Crippen LogP contribution in [-0.2, 0) is 6.42 Å². The Morgan fingerprint density at radius 2 is 1.84 bits per heavy atom. The van der Waals surface area contributed by atoms with Gasteiger partial charge in [0.15, 0.2) is 0 Å². The van der Waals surface area contributed by atoms with Crippen molar-refractivity contribution in [3.8, 4) is 22.9 Å². The Hall–Kier alpha value is -2.24. The lowest BCUT2D eigenvalue weighted by molar-refractivity contribution is 0.452. The molecule has 0 saturated carbocycles. The molecular formula is C20H20BrN3O. The zero-order chi connectivity index (χ0) is 17.8. The highest BCUT2D eigenvalue weighted by molar-refractivity contribution is 9.10. The van der Waals surface area contributed by atoms with Crippen LogP contribution in [0.2, 0.25) is 0 Å². The molecule has 5 heteroatoms. The van der Waals surface area contributed by atoms with Crippen LogP contribution >= 0.6 is 15.9 Å². The zero-order valence-corrected chi connectivity index (χ0v) is 15.8. The molecule has 4 nitrogen and oxygen atoms in total. The van der Waals surface area contributed by atoms with Gasteiger partial charge in [-0.1, -0.05) is 46.3 Å². The van der Waals surface area contributed by atoms with E-state index in [4.69, 9.17) is 10.5 Å². The highest BCUT2D eigenvalue weighted by Crippen LogP contribution is 2.30. The van der Waals surface area contributed by atoms with E-state index in [0.29, 0.717) is 11.7 Å². The Bertz CT molecular complexity index is 866. The van der Waals surface area contributed by atoms with E-state index in [-0.39, 0.29) is 6.04 Å². The summed E-state index contributed by atoms with van der Waals surface area (Å²) in [7, 11) is 0. The molecule has 0 fully saturated rings. The summed E-state index contributed by atoms with van der Waals surface area (Å²) < 4.78 is 7.08. The normalized spacial score (nSPS) is 12.0. The summed E-state index contributed by atoms with van der Waals surface area (Å²) >= 11 is 3.50. The minimum atomic E-state index is 0.0451. The highest BCUT2D eigenvalue weighted by Gasteiger charge is 2.11. The average molecular weight is 398 g/mol. The standard InChI is InChI=1S/C20H20BrN3O/c1-13(22)10-16-11-17(21)8-9-19(16)25-20-12-18(23-14(2)24-20)15-6-4-3-5-7-15/h3-9,11-13H,10,22H2,1-2H3. The average Bonchev–Trinajstić information content (AvgIpc) is 2.57. The molecule has 0 saturated heterocycles. The molecule has 3 aromatic rings. The Morgan fingerprint density at radius 1 is 1.08 bits per heavy atom. The van der Waals surface area contributed by atoms with Crippen molar-refractivity contribution in [2.24, 2.45) is 5.73 Å². The summed E-state index contributed by atoms with van der Waals surface area (Å²) in [6, 6.07) is 17.8. The van der Waals surface area contributed by atoms with E-state index < -0.39 is 0 Å². The third-order valence-corrected chi connectivity index (χ3v) is 4.16. The van der Waals surface area contributed by atoms with Gasteiger partial charge in [0.05, 0.1) is 5.69 Å². The first-order valence-electron chi connectivity index (χ1n) is 8.14. The summed E-state index contributed by atoms with van der Waals surface area (Å²) in [5.41, 5.74) is 8.88. The molecule has 0 aliphatic rings. The van der Waals surface area contributed by atoms with Gasteiger partial charge in [-0.15, -0.1) is 0 Å². The van der Waals surface area contributed by atoms with Gasteiger partial charge < -0.3 is 10.5 Å². The molecular weight excluding hydrogens is 378 g/mol. The predicted octanol–water partition coefficient (Wildman–Crippen LogP) is 4.90. The van der Waals surface area contributed by atoms with Crippen LogP contribution in [0.1, 0.15) is 18.3 Å². The summed E-state index contributed by atoms with van der Waals surface area (Å²) in [5, 5.41) is 0. The SMILES string of the molecule is Cc1nc(Oc2ccc(Br)cc2CC(C)N)cc(-c2ccccc2)n1. The summed E-state index contributed by atoms with van der Waals surface area (Å²) in [5.74, 6) is 1.96. The second-order valence-electron chi connectivity index (χ2n) is 6.04. The van der Waals surface area contributed by atoms with Crippen molar-refractivity contribution in [3.63, 3.8) is 0 Å². The lowest BCUT2D eigenvalue weighted by Crippen LogP contribution is -2.18. The Labute approximate surface area is 156 Å². The molecule has 0 amide bonds. The fourth-order valence-electron chi connectivity index (χ4n) is 2.62. The molecule has 1 unspecified atom stereocenters. The van der Waals surface area contributed by atoms with Gasteiger partial charge in [-0.05, 0) is 44.0 Å². The van der Waals surface area contributed by atoms with Gasteiger partial charge in [-0.2, -0.15) is 4.98 Å². The van der Waals surface area contributed by atoms with E-state index in [1.807, 2.05) is 68.4 Å². The van der Waals surface area contributed by atoms with Crippen molar-refractivity contribution in [1.29, 1.82) is 0 Å². The minimum absolute atomic E-state index is 0.0451. The predicted molar refractivity (Wildman–Crippen MR) is 104 cm³/mol. The Morgan fingerprint density at radius 3 is 2.56 bits per heavy atom. The van der Waals surface area contributed by atoms with Crippen molar-refractivity contribution in [1.82, 2.24) is 9.97 Å². The smallest absolute Gasteiger partial charge is 0.223 e. The number of nitrogens with two attached hydrogens (primary N) is 1. The lowest BCUT2D eigenvalue weighted by Gasteiger charge is -2.14. The fourth-order valence-corrected chi connectivity index (χ4v) is 3.02. The maximum Gasteiger partial charge on any atom is 0.223 e. The van der Waals surface area contributed by atoms with Crippen LogP contribution in [0.25, 0.3) is 11.3 Å². The summed E-state index contributed by atoms with van der Waals surface area (Å²) in [6.07, 6.45) is 0.727. The fraction of sp³-hybridized carbons (Fsp3) is 0.200. The molecule has 0 aliphatic carbocycles.